The fourth-order valence-electron chi connectivity index (χ4n) is 1.32. The van der Waals surface area contributed by atoms with Gasteiger partial charge in [-0.05, 0) is 19.4 Å². The second-order valence-electron chi connectivity index (χ2n) is 3.31. The lowest BCUT2D eigenvalue weighted by Crippen LogP contribution is -2.02. The number of hydrogen-bond acceptors (Lipinski definition) is 4. The van der Waals surface area contributed by atoms with Crippen LogP contribution in [0.25, 0.3) is 0 Å². The van der Waals surface area contributed by atoms with Crippen LogP contribution in [0.5, 0.6) is 5.75 Å². The highest BCUT2D eigenvalue weighted by atomic mass is 16.6. The van der Waals surface area contributed by atoms with E-state index in [9.17, 15) is 10.1 Å². The molecule has 0 aliphatic rings. The third kappa shape index (κ3) is 3.12. The molecule has 5 nitrogen and oxygen atoms in total. The molecule has 0 saturated heterocycles. The maximum absolute atomic E-state index is 10.7. The molecule has 1 aromatic rings. The van der Waals surface area contributed by atoms with Crippen molar-refractivity contribution < 1.29 is 9.66 Å². The fraction of sp³-hybridized carbons (Fsp3) is 0.455. The summed E-state index contributed by atoms with van der Waals surface area (Å²) in [6, 6.07) is 4.74. The topological polar surface area (TPSA) is 64.4 Å². The quantitative estimate of drug-likeness (QED) is 0.596. The highest BCUT2D eigenvalue weighted by molar-refractivity contribution is 5.64. The van der Waals surface area contributed by atoms with E-state index in [1.807, 2.05) is 13.8 Å². The molecule has 5 heteroatoms. The molecule has 0 heterocycles. The molecule has 0 amide bonds. The van der Waals surface area contributed by atoms with Crippen LogP contribution in [0.1, 0.15) is 20.3 Å². The van der Waals surface area contributed by atoms with Gasteiger partial charge in [0.05, 0.1) is 11.5 Å². The summed E-state index contributed by atoms with van der Waals surface area (Å²) in [4.78, 5) is 10.3. The van der Waals surface area contributed by atoms with Crippen molar-refractivity contribution in [2.45, 2.75) is 20.3 Å². The van der Waals surface area contributed by atoms with Gasteiger partial charge in [-0.25, -0.2) is 0 Å². The van der Waals surface area contributed by atoms with E-state index in [1.165, 1.54) is 6.07 Å². The molecule has 0 aliphatic heterocycles. The summed E-state index contributed by atoms with van der Waals surface area (Å²) in [6.07, 6.45) is 0.910. The molecule has 0 radical (unpaired) electrons. The number of hydrogen-bond donors (Lipinski definition) is 1. The van der Waals surface area contributed by atoms with Crippen molar-refractivity contribution in [2.75, 3.05) is 18.5 Å². The van der Waals surface area contributed by atoms with Crippen molar-refractivity contribution >= 4 is 11.4 Å². The van der Waals surface area contributed by atoms with Gasteiger partial charge in [0.1, 0.15) is 11.4 Å². The average molecular weight is 224 g/mol. The minimum Gasteiger partial charge on any atom is -0.494 e. The molecule has 0 aliphatic carbocycles. The Bertz CT molecular complexity index is 366. The maximum atomic E-state index is 10.7. The Morgan fingerprint density at radius 3 is 2.75 bits per heavy atom. The number of ether oxygens (including phenoxy) is 1. The van der Waals surface area contributed by atoms with E-state index in [0.29, 0.717) is 24.6 Å². The van der Waals surface area contributed by atoms with Crippen molar-refractivity contribution in [3.63, 3.8) is 0 Å². The predicted octanol–water partition coefficient (Wildman–Crippen LogP) is 2.82. The van der Waals surface area contributed by atoms with Crippen LogP contribution >= 0.6 is 0 Å². The Morgan fingerprint density at radius 1 is 1.44 bits per heavy atom. The van der Waals surface area contributed by atoms with Gasteiger partial charge in [-0.1, -0.05) is 6.92 Å². The Hall–Kier alpha value is -1.78. The van der Waals surface area contributed by atoms with Crippen molar-refractivity contribution in [3.8, 4) is 5.75 Å². The van der Waals surface area contributed by atoms with E-state index < -0.39 is 4.92 Å². The van der Waals surface area contributed by atoms with Gasteiger partial charge in [-0.15, -0.1) is 0 Å². The Morgan fingerprint density at radius 2 is 2.19 bits per heavy atom. The van der Waals surface area contributed by atoms with Crippen LogP contribution in [0.4, 0.5) is 11.4 Å². The zero-order valence-electron chi connectivity index (χ0n) is 9.53. The van der Waals surface area contributed by atoms with E-state index in [1.54, 1.807) is 12.1 Å². The van der Waals surface area contributed by atoms with E-state index in [2.05, 4.69) is 5.32 Å². The molecule has 0 saturated carbocycles. The molecule has 0 fully saturated rings. The van der Waals surface area contributed by atoms with E-state index >= 15 is 0 Å². The van der Waals surface area contributed by atoms with E-state index in [0.717, 1.165) is 6.42 Å². The summed E-state index contributed by atoms with van der Waals surface area (Å²) in [5.41, 5.74) is 0.576. The van der Waals surface area contributed by atoms with Gasteiger partial charge in [-0.3, -0.25) is 10.1 Å². The highest BCUT2D eigenvalue weighted by Crippen LogP contribution is 2.28. The minimum absolute atomic E-state index is 0.0747. The molecular formula is C11H16N2O3. The summed E-state index contributed by atoms with van der Waals surface area (Å²) in [5, 5.41) is 13.7. The third-order valence-electron chi connectivity index (χ3n) is 2.00. The van der Waals surface area contributed by atoms with Crippen LogP contribution in [0.3, 0.4) is 0 Å². The van der Waals surface area contributed by atoms with Crippen molar-refractivity contribution in [1.82, 2.24) is 0 Å². The molecule has 16 heavy (non-hydrogen) atoms. The zero-order valence-corrected chi connectivity index (χ0v) is 9.53. The van der Waals surface area contributed by atoms with E-state index in [-0.39, 0.29) is 5.69 Å². The standard InChI is InChI=1S/C11H16N2O3/c1-3-7-16-9-5-6-11(13(14)15)10(8-9)12-4-2/h5-6,8,12H,3-4,7H2,1-2H3. The molecule has 1 aromatic carbocycles. The molecular weight excluding hydrogens is 208 g/mol. The van der Waals surface area contributed by atoms with Crippen molar-refractivity contribution in [2.24, 2.45) is 0 Å². The van der Waals surface area contributed by atoms with Crippen LogP contribution in [0.2, 0.25) is 0 Å². The summed E-state index contributed by atoms with van der Waals surface area (Å²) in [5.74, 6) is 0.656. The van der Waals surface area contributed by atoms with Crippen LogP contribution in [0.15, 0.2) is 18.2 Å². The maximum Gasteiger partial charge on any atom is 0.292 e. The summed E-state index contributed by atoms with van der Waals surface area (Å²) in [7, 11) is 0. The number of nitro groups is 1. The van der Waals surface area contributed by atoms with Gasteiger partial charge in [0.2, 0.25) is 0 Å². The number of rotatable bonds is 6. The predicted molar refractivity (Wildman–Crippen MR) is 63.0 cm³/mol. The van der Waals surface area contributed by atoms with Gasteiger partial charge < -0.3 is 10.1 Å². The normalized spacial score (nSPS) is 9.88. The molecule has 0 unspecified atom stereocenters. The lowest BCUT2D eigenvalue weighted by molar-refractivity contribution is -0.384. The second-order valence-corrected chi connectivity index (χ2v) is 3.31. The van der Waals surface area contributed by atoms with Gasteiger partial charge in [0.15, 0.2) is 0 Å². The summed E-state index contributed by atoms with van der Waals surface area (Å²) < 4.78 is 5.41. The fourth-order valence-corrected chi connectivity index (χ4v) is 1.32. The lowest BCUT2D eigenvalue weighted by atomic mass is 10.2. The molecule has 0 atom stereocenters. The van der Waals surface area contributed by atoms with Crippen LogP contribution in [-0.2, 0) is 0 Å². The number of anilines is 1. The Labute approximate surface area is 94.6 Å². The minimum atomic E-state index is -0.401. The average Bonchev–Trinajstić information content (AvgIpc) is 2.26. The largest absolute Gasteiger partial charge is 0.494 e. The zero-order chi connectivity index (χ0) is 12.0. The SMILES string of the molecule is CCCOc1ccc([N+](=O)[O-])c(NCC)c1. The van der Waals surface area contributed by atoms with Crippen LogP contribution in [-0.4, -0.2) is 18.1 Å². The van der Waals surface area contributed by atoms with Crippen LogP contribution in [0, 0.1) is 10.1 Å². The van der Waals surface area contributed by atoms with Crippen molar-refractivity contribution in [1.29, 1.82) is 0 Å². The first kappa shape index (κ1) is 12.3. The van der Waals surface area contributed by atoms with Crippen LogP contribution < -0.4 is 10.1 Å². The highest BCUT2D eigenvalue weighted by Gasteiger charge is 2.13. The molecule has 0 bridgehead atoms. The lowest BCUT2D eigenvalue weighted by Gasteiger charge is -2.08. The Balaban J connectivity index is 2.92. The second kappa shape index (κ2) is 5.95. The van der Waals surface area contributed by atoms with Crippen molar-refractivity contribution in [3.05, 3.63) is 28.3 Å². The first-order valence-electron chi connectivity index (χ1n) is 5.34. The number of benzene rings is 1. The monoisotopic (exact) mass is 224 g/mol. The first-order chi connectivity index (χ1) is 7.69. The van der Waals surface area contributed by atoms with Gasteiger partial charge in [0, 0.05) is 18.7 Å². The molecule has 1 rings (SSSR count). The Kier molecular flexibility index (Phi) is 4.57. The molecule has 0 spiro atoms. The van der Waals surface area contributed by atoms with Gasteiger partial charge >= 0.3 is 0 Å². The van der Waals surface area contributed by atoms with Gasteiger partial charge in [0.25, 0.3) is 5.69 Å². The summed E-state index contributed by atoms with van der Waals surface area (Å²) in [6.45, 7) is 5.15. The molecule has 88 valence electrons. The number of nitrogens with zero attached hydrogens (tertiary/aromatic N) is 1. The molecule has 1 N–H and O–H groups in total. The first-order valence-corrected chi connectivity index (χ1v) is 5.34. The van der Waals surface area contributed by atoms with E-state index in [4.69, 9.17) is 4.74 Å². The summed E-state index contributed by atoms with van der Waals surface area (Å²) >= 11 is 0. The number of nitro benzene ring substituents is 1. The smallest absolute Gasteiger partial charge is 0.292 e. The van der Waals surface area contributed by atoms with Gasteiger partial charge in [-0.2, -0.15) is 0 Å². The number of nitrogens with one attached hydrogen (secondary N) is 1. The molecule has 0 aromatic heterocycles. The third-order valence-corrected chi connectivity index (χ3v) is 2.00.